The zero-order chi connectivity index (χ0) is 12.7. The first-order valence-electron chi connectivity index (χ1n) is 3.84. The first-order valence-corrected chi connectivity index (χ1v) is 6.72. The SMILES string of the molecule is Cc1cc(S(=O)(=O)O)cc(S(=O)(=O)O)c1[NH]. The molecule has 0 saturated carbocycles. The van der Waals surface area contributed by atoms with Gasteiger partial charge in [0.25, 0.3) is 20.2 Å². The second-order valence-corrected chi connectivity index (χ2v) is 5.87. The van der Waals surface area contributed by atoms with Crippen LogP contribution in [0.4, 0.5) is 5.69 Å². The lowest BCUT2D eigenvalue weighted by atomic mass is 10.2. The summed E-state index contributed by atoms with van der Waals surface area (Å²) in [6.07, 6.45) is 0. The molecule has 0 aromatic heterocycles. The van der Waals surface area contributed by atoms with Gasteiger partial charge in [-0.2, -0.15) is 16.8 Å². The largest absolute Gasteiger partial charge is 0.299 e. The number of nitrogens with one attached hydrogen (secondary N) is 1. The number of rotatable bonds is 2. The third kappa shape index (κ3) is 2.50. The van der Waals surface area contributed by atoms with Crippen molar-refractivity contribution in [1.82, 2.24) is 5.73 Å². The zero-order valence-electron chi connectivity index (χ0n) is 8.00. The Bertz CT molecular complexity index is 631. The molecule has 7 nitrogen and oxygen atoms in total. The van der Waals surface area contributed by atoms with Crippen molar-refractivity contribution in [3.05, 3.63) is 17.7 Å². The van der Waals surface area contributed by atoms with Gasteiger partial charge >= 0.3 is 0 Å². The zero-order valence-corrected chi connectivity index (χ0v) is 9.63. The normalized spacial score (nSPS) is 12.7. The van der Waals surface area contributed by atoms with E-state index in [1.807, 2.05) is 0 Å². The highest BCUT2D eigenvalue weighted by Crippen LogP contribution is 2.27. The molecule has 9 heteroatoms. The van der Waals surface area contributed by atoms with E-state index in [1.54, 1.807) is 0 Å². The quantitative estimate of drug-likeness (QED) is 0.744. The number of benzene rings is 1. The van der Waals surface area contributed by atoms with E-state index >= 15 is 0 Å². The fourth-order valence-corrected chi connectivity index (χ4v) is 2.44. The molecule has 0 aliphatic heterocycles. The van der Waals surface area contributed by atoms with Gasteiger partial charge in [0, 0.05) is 0 Å². The molecule has 0 unspecified atom stereocenters. The maximum absolute atomic E-state index is 10.8. The van der Waals surface area contributed by atoms with Gasteiger partial charge in [0.05, 0.1) is 10.6 Å². The molecule has 0 heterocycles. The van der Waals surface area contributed by atoms with Crippen LogP contribution in [0.2, 0.25) is 0 Å². The number of hydrogen-bond donors (Lipinski definition) is 2. The van der Waals surface area contributed by atoms with Crippen molar-refractivity contribution in [3.63, 3.8) is 0 Å². The summed E-state index contributed by atoms with van der Waals surface area (Å²) in [5.74, 6) is 0. The minimum absolute atomic E-state index is 0.00255. The third-order valence-electron chi connectivity index (χ3n) is 1.85. The minimum atomic E-state index is -4.70. The van der Waals surface area contributed by atoms with Gasteiger partial charge in [-0.25, -0.2) is 0 Å². The van der Waals surface area contributed by atoms with E-state index in [2.05, 4.69) is 0 Å². The maximum Gasteiger partial charge on any atom is 0.296 e. The lowest BCUT2D eigenvalue weighted by Gasteiger charge is -2.06. The predicted octanol–water partition coefficient (Wildman–Crippen LogP) is 0.403. The first-order chi connectivity index (χ1) is 7.03. The molecule has 0 amide bonds. The van der Waals surface area contributed by atoms with E-state index in [4.69, 9.17) is 14.8 Å². The van der Waals surface area contributed by atoms with Crippen LogP contribution in [0.1, 0.15) is 5.56 Å². The number of aryl methyl sites for hydroxylation is 1. The van der Waals surface area contributed by atoms with Crippen LogP contribution < -0.4 is 5.73 Å². The smallest absolute Gasteiger partial charge is 0.296 e. The van der Waals surface area contributed by atoms with E-state index in [1.165, 1.54) is 6.92 Å². The van der Waals surface area contributed by atoms with E-state index < -0.39 is 35.7 Å². The molecule has 0 atom stereocenters. The Hall–Kier alpha value is -1.16. The van der Waals surface area contributed by atoms with Gasteiger partial charge in [0.2, 0.25) is 0 Å². The molecule has 0 aliphatic rings. The molecule has 0 spiro atoms. The van der Waals surface area contributed by atoms with E-state index in [0.717, 1.165) is 6.07 Å². The van der Waals surface area contributed by atoms with Crippen molar-refractivity contribution < 1.29 is 25.9 Å². The minimum Gasteiger partial charge on any atom is -0.299 e. The van der Waals surface area contributed by atoms with Crippen LogP contribution in [0, 0.1) is 6.92 Å². The molecule has 0 fully saturated rings. The van der Waals surface area contributed by atoms with Crippen LogP contribution >= 0.6 is 0 Å². The molecule has 0 aliphatic carbocycles. The summed E-state index contributed by atoms with van der Waals surface area (Å²) in [6, 6.07) is 1.46. The van der Waals surface area contributed by atoms with Crippen molar-refractivity contribution in [3.8, 4) is 0 Å². The van der Waals surface area contributed by atoms with Gasteiger partial charge in [0.1, 0.15) is 4.90 Å². The fraction of sp³-hybridized carbons (Fsp3) is 0.143. The van der Waals surface area contributed by atoms with Gasteiger partial charge < -0.3 is 0 Å². The first kappa shape index (κ1) is 12.9. The topological polar surface area (TPSA) is 133 Å². The highest BCUT2D eigenvalue weighted by Gasteiger charge is 2.21. The Morgan fingerprint density at radius 3 is 1.94 bits per heavy atom. The van der Waals surface area contributed by atoms with Gasteiger partial charge in [-0.05, 0) is 24.6 Å². The molecule has 89 valence electrons. The number of hydrogen-bond acceptors (Lipinski definition) is 4. The highest BCUT2D eigenvalue weighted by atomic mass is 32.2. The van der Waals surface area contributed by atoms with Gasteiger partial charge in [-0.15, -0.1) is 0 Å². The summed E-state index contributed by atoms with van der Waals surface area (Å²) in [7, 11) is -9.29. The second kappa shape index (κ2) is 3.70. The predicted molar refractivity (Wildman–Crippen MR) is 53.6 cm³/mol. The van der Waals surface area contributed by atoms with Crippen LogP contribution in [0.15, 0.2) is 21.9 Å². The summed E-state index contributed by atoms with van der Waals surface area (Å²) >= 11 is 0. The monoisotopic (exact) mass is 266 g/mol. The van der Waals surface area contributed by atoms with Crippen molar-refractivity contribution in [2.24, 2.45) is 0 Å². The van der Waals surface area contributed by atoms with Crippen LogP contribution in [-0.2, 0) is 20.2 Å². The van der Waals surface area contributed by atoms with Crippen LogP contribution in [0.5, 0.6) is 0 Å². The van der Waals surface area contributed by atoms with Crippen LogP contribution in [-0.4, -0.2) is 25.9 Å². The van der Waals surface area contributed by atoms with Gasteiger partial charge in [-0.3, -0.25) is 14.8 Å². The van der Waals surface area contributed by atoms with E-state index in [0.29, 0.717) is 6.07 Å². The Morgan fingerprint density at radius 2 is 1.56 bits per heavy atom. The lowest BCUT2D eigenvalue weighted by molar-refractivity contribution is 0.481. The Balaban J connectivity index is 3.72. The molecule has 16 heavy (non-hydrogen) atoms. The van der Waals surface area contributed by atoms with Crippen LogP contribution in [0.3, 0.4) is 0 Å². The van der Waals surface area contributed by atoms with Gasteiger partial charge in [-0.1, -0.05) is 0 Å². The average Bonchev–Trinajstić information content (AvgIpc) is 2.05. The fourth-order valence-electron chi connectivity index (χ4n) is 1.08. The lowest BCUT2D eigenvalue weighted by Crippen LogP contribution is -2.05. The molecule has 1 aromatic rings. The van der Waals surface area contributed by atoms with E-state index in [9.17, 15) is 16.8 Å². The third-order valence-corrected chi connectivity index (χ3v) is 3.56. The average molecular weight is 266 g/mol. The Kier molecular flexibility index (Phi) is 2.98. The van der Waals surface area contributed by atoms with E-state index in [-0.39, 0.29) is 5.56 Å². The Labute approximate surface area is 92.4 Å². The molecule has 0 saturated heterocycles. The molecule has 3 N–H and O–H groups in total. The summed E-state index contributed by atoms with van der Waals surface area (Å²) in [5.41, 5.74) is 6.82. The standard InChI is InChI=1S/C7H8NO6S2/c1-4-2-5(15(9,10)11)3-6(7(4)8)16(12,13)14/h2-3,8H,1H3,(H,9,10,11)(H,12,13,14). The maximum atomic E-state index is 10.8. The summed E-state index contributed by atoms with van der Waals surface area (Å²) in [4.78, 5) is -1.55. The van der Waals surface area contributed by atoms with Crippen molar-refractivity contribution in [1.29, 1.82) is 0 Å². The summed E-state index contributed by atoms with van der Waals surface area (Å²) in [5, 5.41) is 0. The summed E-state index contributed by atoms with van der Waals surface area (Å²) < 4.78 is 60.8. The molecule has 1 radical (unpaired) electrons. The van der Waals surface area contributed by atoms with Crippen molar-refractivity contribution >= 4 is 25.9 Å². The molecule has 0 bridgehead atoms. The highest BCUT2D eigenvalue weighted by molar-refractivity contribution is 7.86. The van der Waals surface area contributed by atoms with Crippen molar-refractivity contribution in [2.75, 3.05) is 0 Å². The van der Waals surface area contributed by atoms with Crippen LogP contribution in [0.25, 0.3) is 0 Å². The van der Waals surface area contributed by atoms with Gasteiger partial charge in [0.15, 0.2) is 0 Å². The van der Waals surface area contributed by atoms with Crippen molar-refractivity contribution in [2.45, 2.75) is 16.7 Å². The Morgan fingerprint density at radius 1 is 1.06 bits per heavy atom. The molecule has 1 aromatic carbocycles. The second-order valence-electron chi connectivity index (χ2n) is 3.06. The molecule has 1 rings (SSSR count). The molecular formula is C7H8NO6S2. The summed E-state index contributed by atoms with van der Waals surface area (Å²) in [6.45, 7) is 1.28. The molecular weight excluding hydrogens is 258 g/mol.